The molecule has 0 saturated carbocycles. The Bertz CT molecular complexity index is 340. The highest BCUT2D eigenvalue weighted by Crippen LogP contribution is 2.20. The molecule has 0 spiro atoms. The van der Waals surface area contributed by atoms with E-state index in [0.29, 0.717) is 13.2 Å². The molecule has 0 bridgehead atoms. The Morgan fingerprint density at radius 1 is 1.47 bits per heavy atom. The number of nitrogens with zero attached hydrogens (tertiary/aromatic N) is 1. The van der Waals surface area contributed by atoms with Crippen LogP contribution in [0.1, 0.15) is 20.8 Å². The summed E-state index contributed by atoms with van der Waals surface area (Å²) >= 11 is 0. The van der Waals surface area contributed by atoms with Crippen LogP contribution in [-0.4, -0.2) is 65.6 Å². The molecule has 1 heterocycles. The quantitative estimate of drug-likeness (QED) is 0.667. The van der Waals surface area contributed by atoms with E-state index in [1.54, 1.807) is 20.8 Å². The topological polar surface area (TPSA) is 99.1 Å². The van der Waals surface area contributed by atoms with Gasteiger partial charge < -0.3 is 25.2 Å². The van der Waals surface area contributed by atoms with Crippen LogP contribution in [0.3, 0.4) is 0 Å². The van der Waals surface area contributed by atoms with E-state index in [1.807, 2.05) is 0 Å². The van der Waals surface area contributed by atoms with Crippen molar-refractivity contribution in [3.63, 3.8) is 0 Å². The van der Waals surface area contributed by atoms with Crippen molar-refractivity contribution in [3.8, 4) is 0 Å². The number of urea groups is 1. The second-order valence-corrected chi connectivity index (χ2v) is 5.71. The summed E-state index contributed by atoms with van der Waals surface area (Å²) in [5.41, 5.74) is -0.579. The zero-order valence-electron chi connectivity index (χ0n) is 11.5. The van der Waals surface area contributed by atoms with Gasteiger partial charge in [0.1, 0.15) is 6.04 Å². The highest BCUT2D eigenvalue weighted by atomic mass is 16.5. The number of morpholine rings is 1. The molecule has 2 atom stereocenters. The first-order valence-corrected chi connectivity index (χ1v) is 6.26. The van der Waals surface area contributed by atoms with Crippen molar-refractivity contribution in [3.05, 3.63) is 0 Å². The first-order valence-electron chi connectivity index (χ1n) is 6.26. The molecule has 1 rings (SSSR count). The van der Waals surface area contributed by atoms with Crippen LogP contribution in [0.5, 0.6) is 0 Å². The maximum atomic E-state index is 12.0. The van der Waals surface area contributed by atoms with Gasteiger partial charge in [-0.15, -0.1) is 0 Å². The summed E-state index contributed by atoms with van der Waals surface area (Å²) < 4.78 is 5.24. The molecule has 1 unspecified atom stereocenters. The molecule has 0 aromatic rings. The van der Waals surface area contributed by atoms with Crippen LogP contribution in [0.15, 0.2) is 0 Å². The number of amides is 2. The number of carbonyl (C=O) groups excluding carboxylic acids is 1. The SMILES string of the molecule is CC(C)(C)[C@H](NC(=O)N1CCOC(CO)C1)C(=O)O. The maximum absolute atomic E-state index is 12.0. The lowest BCUT2D eigenvalue weighted by molar-refractivity contribution is -0.142. The summed E-state index contributed by atoms with van der Waals surface area (Å²) in [7, 11) is 0. The maximum Gasteiger partial charge on any atom is 0.326 e. The van der Waals surface area contributed by atoms with E-state index in [4.69, 9.17) is 14.9 Å². The highest BCUT2D eigenvalue weighted by molar-refractivity contribution is 5.83. The number of nitrogens with one attached hydrogen (secondary N) is 1. The normalized spacial score (nSPS) is 21.9. The first-order chi connectivity index (χ1) is 8.75. The number of aliphatic hydroxyl groups excluding tert-OH is 1. The monoisotopic (exact) mass is 274 g/mol. The second kappa shape index (κ2) is 6.21. The van der Waals surface area contributed by atoms with E-state index in [-0.39, 0.29) is 13.2 Å². The predicted molar refractivity (Wildman–Crippen MR) is 67.8 cm³/mol. The van der Waals surface area contributed by atoms with E-state index in [1.165, 1.54) is 4.90 Å². The Kier molecular flexibility index (Phi) is 5.13. The summed E-state index contributed by atoms with van der Waals surface area (Å²) in [4.78, 5) is 24.7. The van der Waals surface area contributed by atoms with Crippen LogP contribution in [0.25, 0.3) is 0 Å². The molecule has 1 aliphatic heterocycles. The number of hydrogen-bond donors (Lipinski definition) is 3. The fourth-order valence-corrected chi connectivity index (χ4v) is 1.88. The van der Waals surface area contributed by atoms with E-state index in [9.17, 15) is 9.59 Å². The highest BCUT2D eigenvalue weighted by Gasteiger charge is 2.34. The molecule has 3 N–H and O–H groups in total. The van der Waals surface area contributed by atoms with E-state index >= 15 is 0 Å². The van der Waals surface area contributed by atoms with Gasteiger partial charge in [-0.3, -0.25) is 0 Å². The van der Waals surface area contributed by atoms with Crippen molar-refractivity contribution in [2.24, 2.45) is 5.41 Å². The van der Waals surface area contributed by atoms with Crippen molar-refractivity contribution < 1.29 is 24.5 Å². The van der Waals surface area contributed by atoms with Crippen molar-refractivity contribution in [2.75, 3.05) is 26.3 Å². The Balaban J connectivity index is 2.64. The zero-order valence-corrected chi connectivity index (χ0v) is 11.5. The third-order valence-electron chi connectivity index (χ3n) is 3.01. The molecular formula is C12H22N2O5. The third kappa shape index (κ3) is 4.36. The van der Waals surface area contributed by atoms with Gasteiger partial charge in [-0.05, 0) is 5.41 Å². The van der Waals surface area contributed by atoms with Gasteiger partial charge in [0.2, 0.25) is 0 Å². The number of ether oxygens (including phenoxy) is 1. The minimum Gasteiger partial charge on any atom is -0.480 e. The number of aliphatic carboxylic acids is 1. The molecule has 1 fully saturated rings. The summed E-state index contributed by atoms with van der Waals surface area (Å²) in [6.45, 7) is 6.08. The third-order valence-corrected chi connectivity index (χ3v) is 3.01. The minimum absolute atomic E-state index is 0.161. The first kappa shape index (κ1) is 15.7. The van der Waals surface area contributed by atoms with Gasteiger partial charge >= 0.3 is 12.0 Å². The zero-order chi connectivity index (χ0) is 14.6. The number of rotatable bonds is 3. The molecule has 0 radical (unpaired) electrons. The van der Waals surface area contributed by atoms with Crippen LogP contribution >= 0.6 is 0 Å². The molecule has 19 heavy (non-hydrogen) atoms. The van der Waals surface area contributed by atoms with Crippen LogP contribution < -0.4 is 5.32 Å². The number of aliphatic hydroxyl groups is 1. The fourth-order valence-electron chi connectivity index (χ4n) is 1.88. The number of carbonyl (C=O) groups is 2. The molecular weight excluding hydrogens is 252 g/mol. The average Bonchev–Trinajstić information content (AvgIpc) is 2.33. The Hall–Kier alpha value is -1.34. The minimum atomic E-state index is -1.06. The van der Waals surface area contributed by atoms with Crippen LogP contribution in [-0.2, 0) is 9.53 Å². The lowest BCUT2D eigenvalue weighted by atomic mass is 9.87. The Labute approximate surface area is 112 Å². The van der Waals surface area contributed by atoms with Gasteiger partial charge in [0.25, 0.3) is 0 Å². The molecule has 7 nitrogen and oxygen atoms in total. The average molecular weight is 274 g/mol. The van der Waals surface area contributed by atoms with Crippen LogP contribution in [0, 0.1) is 5.41 Å². The van der Waals surface area contributed by atoms with Crippen LogP contribution in [0.4, 0.5) is 4.79 Å². The van der Waals surface area contributed by atoms with Gasteiger partial charge in [0, 0.05) is 6.54 Å². The smallest absolute Gasteiger partial charge is 0.326 e. The summed E-state index contributed by atoms with van der Waals surface area (Å²) in [5.74, 6) is -1.06. The molecule has 1 saturated heterocycles. The summed E-state index contributed by atoms with van der Waals surface area (Å²) in [5, 5.41) is 20.7. The van der Waals surface area contributed by atoms with Gasteiger partial charge in [-0.25, -0.2) is 9.59 Å². The summed E-state index contributed by atoms with van der Waals surface area (Å²) in [6.07, 6.45) is -0.405. The van der Waals surface area contributed by atoms with Crippen molar-refractivity contribution in [2.45, 2.75) is 32.9 Å². The lowest BCUT2D eigenvalue weighted by Gasteiger charge is -2.35. The van der Waals surface area contributed by atoms with Crippen molar-refractivity contribution in [1.29, 1.82) is 0 Å². The van der Waals surface area contributed by atoms with Gasteiger partial charge in [0.15, 0.2) is 0 Å². The molecule has 0 aromatic heterocycles. The summed E-state index contributed by atoms with van der Waals surface area (Å²) in [6, 6.07) is -1.40. The van der Waals surface area contributed by atoms with Gasteiger partial charge in [0.05, 0.1) is 25.9 Å². The molecule has 110 valence electrons. The Morgan fingerprint density at radius 2 is 2.11 bits per heavy atom. The number of carboxylic acid groups (broad SMARTS) is 1. The van der Waals surface area contributed by atoms with Crippen molar-refractivity contribution >= 4 is 12.0 Å². The number of carboxylic acids is 1. The second-order valence-electron chi connectivity index (χ2n) is 5.71. The Morgan fingerprint density at radius 3 is 2.58 bits per heavy atom. The predicted octanol–water partition coefficient (Wildman–Crippen LogP) is -0.112. The lowest BCUT2D eigenvalue weighted by Crippen LogP contribution is -2.56. The van der Waals surface area contributed by atoms with E-state index in [0.717, 1.165) is 0 Å². The molecule has 7 heteroatoms. The molecule has 2 amide bonds. The van der Waals surface area contributed by atoms with Crippen molar-refractivity contribution in [1.82, 2.24) is 10.2 Å². The number of hydrogen-bond acceptors (Lipinski definition) is 4. The van der Waals surface area contributed by atoms with E-state index in [2.05, 4.69) is 5.32 Å². The van der Waals surface area contributed by atoms with Crippen LogP contribution in [0.2, 0.25) is 0 Å². The largest absolute Gasteiger partial charge is 0.480 e. The molecule has 1 aliphatic rings. The fraction of sp³-hybridized carbons (Fsp3) is 0.833. The standard InChI is InChI=1S/C12H22N2O5/c1-12(2,3)9(10(16)17)13-11(18)14-4-5-19-8(6-14)7-15/h8-9,15H,4-7H2,1-3H3,(H,13,18)(H,16,17)/t8?,9-/m1/s1. The van der Waals surface area contributed by atoms with E-state index < -0.39 is 29.6 Å². The van der Waals surface area contributed by atoms with Gasteiger partial charge in [-0.2, -0.15) is 0 Å². The molecule has 0 aromatic carbocycles. The van der Waals surface area contributed by atoms with Gasteiger partial charge in [-0.1, -0.05) is 20.8 Å². The molecule has 0 aliphatic carbocycles.